The van der Waals surface area contributed by atoms with Crippen molar-refractivity contribution in [2.45, 2.75) is 38.7 Å². The van der Waals surface area contributed by atoms with Crippen LogP contribution in [0, 0.1) is 11.8 Å². The maximum atomic E-state index is 5.57. The zero-order chi connectivity index (χ0) is 14.3. The van der Waals surface area contributed by atoms with Gasteiger partial charge in [0.05, 0.1) is 13.2 Å². The lowest BCUT2D eigenvalue weighted by atomic mass is 10.2. The van der Waals surface area contributed by atoms with Gasteiger partial charge in [0.2, 0.25) is 0 Å². The first kappa shape index (κ1) is 16.3. The molecular formula is C19H24O. The minimum Gasteiger partial charge on any atom is -0.376 e. The van der Waals surface area contributed by atoms with Gasteiger partial charge in [0.25, 0.3) is 0 Å². The normalized spacial score (nSPS) is 10.2. The topological polar surface area (TPSA) is 9.23 Å². The lowest BCUT2D eigenvalue weighted by Crippen LogP contribution is -1.93. The Hall–Kier alpha value is -1.78. The first-order valence-corrected chi connectivity index (χ1v) is 7.27. The molecule has 1 heteroatoms. The highest BCUT2D eigenvalue weighted by Crippen LogP contribution is 2.00. The Morgan fingerprint density at radius 1 is 1.05 bits per heavy atom. The molecule has 0 aliphatic rings. The fourth-order valence-electron chi connectivity index (χ4n) is 1.68. The maximum Gasteiger partial charge on any atom is 0.0717 e. The van der Waals surface area contributed by atoms with E-state index in [4.69, 9.17) is 4.74 Å². The molecule has 106 valence electrons. The van der Waals surface area contributed by atoms with Gasteiger partial charge in [-0.05, 0) is 24.8 Å². The predicted molar refractivity (Wildman–Crippen MR) is 86.3 cm³/mol. The van der Waals surface area contributed by atoms with Gasteiger partial charge in [-0.1, -0.05) is 48.6 Å². The summed E-state index contributed by atoms with van der Waals surface area (Å²) >= 11 is 0. The molecule has 20 heavy (non-hydrogen) atoms. The van der Waals surface area contributed by atoms with Crippen LogP contribution >= 0.6 is 0 Å². The second-order valence-electron chi connectivity index (χ2n) is 4.53. The van der Waals surface area contributed by atoms with E-state index < -0.39 is 0 Å². The van der Waals surface area contributed by atoms with Gasteiger partial charge in [-0.2, -0.15) is 0 Å². The third-order valence-corrected chi connectivity index (χ3v) is 2.75. The van der Waals surface area contributed by atoms with E-state index in [1.54, 1.807) is 0 Å². The van der Waals surface area contributed by atoms with E-state index in [1.807, 2.05) is 24.3 Å². The van der Waals surface area contributed by atoms with Crippen molar-refractivity contribution in [1.29, 1.82) is 0 Å². The lowest BCUT2D eigenvalue weighted by Gasteiger charge is -2.01. The SMILES string of the molecule is C=CC/C=C\CCCC#CCCOCc1ccccc1. The molecule has 0 heterocycles. The summed E-state index contributed by atoms with van der Waals surface area (Å²) in [7, 11) is 0. The van der Waals surface area contributed by atoms with Crippen LogP contribution in [0.4, 0.5) is 0 Å². The third-order valence-electron chi connectivity index (χ3n) is 2.75. The van der Waals surface area contributed by atoms with E-state index >= 15 is 0 Å². The van der Waals surface area contributed by atoms with Crippen molar-refractivity contribution >= 4 is 0 Å². The summed E-state index contributed by atoms with van der Waals surface area (Å²) in [6.45, 7) is 5.06. The second-order valence-corrected chi connectivity index (χ2v) is 4.53. The van der Waals surface area contributed by atoms with Crippen LogP contribution in [-0.4, -0.2) is 6.61 Å². The molecule has 0 atom stereocenters. The van der Waals surface area contributed by atoms with Crippen LogP contribution in [0.15, 0.2) is 55.1 Å². The molecule has 1 aromatic carbocycles. The maximum absolute atomic E-state index is 5.57. The van der Waals surface area contributed by atoms with Crippen molar-refractivity contribution in [3.05, 3.63) is 60.7 Å². The molecule has 0 amide bonds. The van der Waals surface area contributed by atoms with E-state index in [-0.39, 0.29) is 0 Å². The van der Waals surface area contributed by atoms with Gasteiger partial charge in [-0.15, -0.1) is 18.4 Å². The third kappa shape index (κ3) is 9.19. The quantitative estimate of drug-likeness (QED) is 0.351. The van der Waals surface area contributed by atoms with Gasteiger partial charge in [-0.25, -0.2) is 0 Å². The van der Waals surface area contributed by atoms with Crippen molar-refractivity contribution in [2.75, 3.05) is 6.61 Å². The van der Waals surface area contributed by atoms with Crippen molar-refractivity contribution in [2.24, 2.45) is 0 Å². The Balaban J connectivity index is 1.94. The standard InChI is InChI=1S/C19H24O/c1-2-3-4-5-6-7-8-9-10-14-17-20-18-19-15-12-11-13-16-19/h2,4-5,11-13,15-16H,1,3,6-8,14,17-18H2/b5-4-. The summed E-state index contributed by atoms with van der Waals surface area (Å²) < 4.78 is 5.57. The largest absolute Gasteiger partial charge is 0.376 e. The number of rotatable bonds is 9. The molecule has 1 nitrogen and oxygen atoms in total. The highest BCUT2D eigenvalue weighted by Gasteiger charge is 1.90. The summed E-state index contributed by atoms with van der Waals surface area (Å²) in [5.74, 6) is 6.35. The Labute approximate surface area is 123 Å². The van der Waals surface area contributed by atoms with Crippen LogP contribution in [0.2, 0.25) is 0 Å². The number of ether oxygens (including phenoxy) is 1. The summed E-state index contributed by atoms with van der Waals surface area (Å²) in [6, 6.07) is 10.2. The van der Waals surface area contributed by atoms with Gasteiger partial charge in [-0.3, -0.25) is 0 Å². The highest BCUT2D eigenvalue weighted by atomic mass is 16.5. The summed E-state index contributed by atoms with van der Waals surface area (Å²) in [5, 5.41) is 0. The minimum atomic E-state index is 0.677. The molecule has 0 radical (unpaired) electrons. The zero-order valence-electron chi connectivity index (χ0n) is 12.2. The molecule has 0 fully saturated rings. The molecule has 0 saturated carbocycles. The van der Waals surface area contributed by atoms with E-state index in [0.717, 1.165) is 32.1 Å². The zero-order valence-corrected chi connectivity index (χ0v) is 12.2. The minimum absolute atomic E-state index is 0.677. The number of benzene rings is 1. The number of unbranched alkanes of at least 4 members (excludes halogenated alkanes) is 2. The second kappa shape index (κ2) is 12.3. The summed E-state index contributed by atoms with van der Waals surface area (Å²) in [4.78, 5) is 0. The first-order chi connectivity index (χ1) is 9.93. The van der Waals surface area contributed by atoms with Gasteiger partial charge >= 0.3 is 0 Å². The Morgan fingerprint density at radius 3 is 2.65 bits per heavy atom. The molecule has 0 aliphatic heterocycles. The number of hydrogen-bond donors (Lipinski definition) is 0. The molecule has 1 aromatic rings. The molecule has 0 aromatic heterocycles. The van der Waals surface area contributed by atoms with Crippen molar-refractivity contribution in [3.63, 3.8) is 0 Å². The van der Waals surface area contributed by atoms with Crippen LogP contribution < -0.4 is 0 Å². The molecular weight excluding hydrogens is 244 g/mol. The first-order valence-electron chi connectivity index (χ1n) is 7.27. The van der Waals surface area contributed by atoms with Crippen molar-refractivity contribution in [1.82, 2.24) is 0 Å². The van der Waals surface area contributed by atoms with Gasteiger partial charge in [0.1, 0.15) is 0 Å². The molecule has 1 rings (SSSR count). The van der Waals surface area contributed by atoms with Gasteiger partial charge in [0, 0.05) is 12.8 Å². The Bertz CT molecular complexity index is 434. The van der Waals surface area contributed by atoms with Crippen molar-refractivity contribution in [3.8, 4) is 11.8 Å². The van der Waals surface area contributed by atoms with Crippen LogP contribution in [0.1, 0.15) is 37.7 Å². The van der Waals surface area contributed by atoms with E-state index in [2.05, 4.69) is 42.7 Å². The molecule has 0 spiro atoms. The average Bonchev–Trinajstić information content (AvgIpc) is 2.49. The van der Waals surface area contributed by atoms with Gasteiger partial charge < -0.3 is 4.74 Å². The fourth-order valence-corrected chi connectivity index (χ4v) is 1.68. The van der Waals surface area contributed by atoms with E-state index in [0.29, 0.717) is 13.2 Å². The fraction of sp³-hybridized carbons (Fsp3) is 0.368. The summed E-state index contributed by atoms with van der Waals surface area (Å²) in [5.41, 5.74) is 1.21. The smallest absolute Gasteiger partial charge is 0.0717 e. The Morgan fingerprint density at radius 2 is 1.85 bits per heavy atom. The molecule has 0 bridgehead atoms. The molecule has 0 aliphatic carbocycles. The van der Waals surface area contributed by atoms with Crippen LogP contribution in [0.3, 0.4) is 0 Å². The van der Waals surface area contributed by atoms with Gasteiger partial charge in [0.15, 0.2) is 0 Å². The predicted octanol–water partition coefficient (Wildman–Crippen LogP) is 4.90. The average molecular weight is 268 g/mol. The van der Waals surface area contributed by atoms with Crippen LogP contribution in [-0.2, 0) is 11.3 Å². The van der Waals surface area contributed by atoms with Crippen LogP contribution in [0.25, 0.3) is 0 Å². The summed E-state index contributed by atoms with van der Waals surface area (Å²) in [6.07, 6.45) is 11.2. The number of allylic oxidation sites excluding steroid dienone is 3. The molecule has 0 unspecified atom stereocenters. The molecule has 0 N–H and O–H groups in total. The van der Waals surface area contributed by atoms with Crippen LogP contribution in [0.5, 0.6) is 0 Å². The van der Waals surface area contributed by atoms with E-state index in [9.17, 15) is 0 Å². The lowest BCUT2D eigenvalue weighted by molar-refractivity contribution is 0.126. The highest BCUT2D eigenvalue weighted by molar-refractivity contribution is 5.13. The molecule has 0 saturated heterocycles. The Kier molecular flexibility index (Phi) is 9.98. The van der Waals surface area contributed by atoms with Crippen molar-refractivity contribution < 1.29 is 4.74 Å². The number of hydrogen-bond acceptors (Lipinski definition) is 1. The van der Waals surface area contributed by atoms with E-state index in [1.165, 1.54) is 5.56 Å². The monoisotopic (exact) mass is 268 g/mol.